The van der Waals surface area contributed by atoms with Crippen LogP contribution in [0.1, 0.15) is 17.3 Å². The van der Waals surface area contributed by atoms with Crippen LogP contribution in [-0.2, 0) is 10.0 Å². The number of hydrogen-bond acceptors (Lipinski definition) is 4. The van der Waals surface area contributed by atoms with Crippen LogP contribution in [0.4, 0.5) is 18.9 Å². The number of anilines is 1. The molecule has 0 atom stereocenters. The van der Waals surface area contributed by atoms with Crippen LogP contribution in [0.15, 0.2) is 47.4 Å². The van der Waals surface area contributed by atoms with E-state index < -0.39 is 33.5 Å². The van der Waals surface area contributed by atoms with Crippen LogP contribution < -0.4 is 14.8 Å². The lowest BCUT2D eigenvalue weighted by Gasteiger charge is -2.12. The number of amides is 1. The number of rotatable bonds is 7. The molecule has 0 aliphatic rings. The Kier molecular flexibility index (Phi) is 6.78. The van der Waals surface area contributed by atoms with Gasteiger partial charge in [-0.2, -0.15) is 13.2 Å². The second-order valence-corrected chi connectivity index (χ2v) is 7.56. The molecule has 152 valence electrons. The maximum absolute atomic E-state index is 12.6. The highest BCUT2D eigenvalue weighted by molar-refractivity contribution is 7.92. The molecule has 6 nitrogen and oxygen atoms in total. The molecule has 0 aliphatic carbocycles. The number of nitrogens with one attached hydrogen (secondary N) is 2. The molecule has 0 fully saturated rings. The van der Waals surface area contributed by atoms with Gasteiger partial charge in [0.15, 0.2) is 0 Å². The molecule has 2 rings (SSSR count). The molecule has 0 spiro atoms. The van der Waals surface area contributed by atoms with Gasteiger partial charge in [-0.25, -0.2) is 8.42 Å². The van der Waals surface area contributed by atoms with Gasteiger partial charge in [0.1, 0.15) is 17.2 Å². The molecule has 0 radical (unpaired) electrons. The summed E-state index contributed by atoms with van der Waals surface area (Å²) < 4.78 is 69.4. The van der Waals surface area contributed by atoms with Crippen molar-refractivity contribution in [1.82, 2.24) is 5.32 Å². The van der Waals surface area contributed by atoms with E-state index in [9.17, 15) is 26.4 Å². The summed E-state index contributed by atoms with van der Waals surface area (Å²) in [5.74, 6) is -0.529. The minimum Gasteiger partial charge on any atom is -0.494 e. The van der Waals surface area contributed by atoms with Crippen LogP contribution in [0.25, 0.3) is 0 Å². The van der Waals surface area contributed by atoms with Crippen molar-refractivity contribution >= 4 is 33.2 Å². The standard InChI is InChI=1S/C17H16ClF3N2O4S/c1-2-27-13-6-4-12(5-7-13)23-28(25,26)15-9-11(3-8-14(15)18)16(24)22-10-17(19,20)21/h3-9,23H,2,10H2,1H3,(H,22,24). The SMILES string of the molecule is CCOc1ccc(NS(=O)(=O)c2cc(C(=O)NCC(F)(F)F)ccc2Cl)cc1. The number of alkyl halides is 3. The van der Waals surface area contributed by atoms with Gasteiger partial charge in [-0.3, -0.25) is 9.52 Å². The van der Waals surface area contributed by atoms with E-state index >= 15 is 0 Å². The third-order valence-electron chi connectivity index (χ3n) is 3.35. The fourth-order valence-corrected chi connectivity index (χ4v) is 3.71. The first-order chi connectivity index (χ1) is 13.0. The van der Waals surface area contributed by atoms with Crippen LogP contribution in [0.2, 0.25) is 5.02 Å². The molecular formula is C17H16ClF3N2O4S. The van der Waals surface area contributed by atoms with Gasteiger partial charge in [-0.1, -0.05) is 11.6 Å². The normalized spacial score (nSPS) is 11.8. The average Bonchev–Trinajstić information content (AvgIpc) is 2.61. The van der Waals surface area contributed by atoms with Crippen LogP contribution in [-0.4, -0.2) is 33.7 Å². The van der Waals surface area contributed by atoms with Gasteiger partial charge in [0.2, 0.25) is 0 Å². The zero-order chi connectivity index (χ0) is 20.9. The molecule has 0 heterocycles. The number of hydrogen-bond donors (Lipinski definition) is 2. The quantitative estimate of drug-likeness (QED) is 0.690. The van der Waals surface area contributed by atoms with Crippen LogP contribution in [0.3, 0.4) is 0 Å². The van der Waals surface area contributed by atoms with Crippen LogP contribution >= 0.6 is 11.6 Å². The topological polar surface area (TPSA) is 84.5 Å². The van der Waals surface area contributed by atoms with Crippen molar-refractivity contribution in [3.63, 3.8) is 0 Å². The molecule has 0 bridgehead atoms. The summed E-state index contributed by atoms with van der Waals surface area (Å²) in [6.45, 7) is 0.710. The number of carbonyl (C=O) groups is 1. The van der Waals surface area contributed by atoms with Crippen molar-refractivity contribution in [3.05, 3.63) is 53.1 Å². The van der Waals surface area contributed by atoms with Crippen molar-refractivity contribution in [2.45, 2.75) is 18.0 Å². The van der Waals surface area contributed by atoms with Crippen molar-refractivity contribution in [1.29, 1.82) is 0 Å². The van der Waals surface area contributed by atoms with E-state index in [-0.39, 0.29) is 16.3 Å². The monoisotopic (exact) mass is 436 g/mol. The maximum atomic E-state index is 12.6. The average molecular weight is 437 g/mol. The number of halogens is 4. The lowest BCUT2D eigenvalue weighted by molar-refractivity contribution is -0.123. The molecule has 0 unspecified atom stereocenters. The van der Waals surface area contributed by atoms with Gasteiger partial charge in [0, 0.05) is 11.3 Å². The van der Waals surface area contributed by atoms with Crippen molar-refractivity contribution in [3.8, 4) is 5.75 Å². The van der Waals surface area contributed by atoms with Gasteiger partial charge in [0.25, 0.3) is 15.9 Å². The minimum atomic E-state index is -4.59. The number of ether oxygens (including phenoxy) is 1. The molecular weight excluding hydrogens is 421 g/mol. The van der Waals surface area contributed by atoms with Gasteiger partial charge in [-0.05, 0) is 49.4 Å². The van der Waals surface area contributed by atoms with E-state index in [0.717, 1.165) is 18.2 Å². The summed E-state index contributed by atoms with van der Waals surface area (Å²) in [6.07, 6.45) is -4.59. The van der Waals surface area contributed by atoms with Crippen molar-refractivity contribution < 1.29 is 31.1 Å². The lowest BCUT2D eigenvalue weighted by atomic mass is 10.2. The Morgan fingerprint density at radius 1 is 1.14 bits per heavy atom. The van der Waals surface area contributed by atoms with Crippen LogP contribution in [0, 0.1) is 0 Å². The first-order valence-corrected chi connectivity index (χ1v) is 9.78. The predicted molar refractivity (Wildman–Crippen MR) is 98.3 cm³/mol. The van der Waals surface area contributed by atoms with Gasteiger partial charge < -0.3 is 10.1 Å². The molecule has 11 heteroatoms. The van der Waals surface area contributed by atoms with Crippen molar-refractivity contribution in [2.75, 3.05) is 17.9 Å². The lowest BCUT2D eigenvalue weighted by Crippen LogP contribution is -2.33. The highest BCUT2D eigenvalue weighted by Crippen LogP contribution is 2.26. The molecule has 0 aliphatic heterocycles. The zero-order valence-corrected chi connectivity index (χ0v) is 16.1. The summed E-state index contributed by atoms with van der Waals surface area (Å²) >= 11 is 5.92. The molecule has 1 amide bonds. The fraction of sp³-hybridized carbons (Fsp3) is 0.235. The fourth-order valence-electron chi connectivity index (χ4n) is 2.13. The Bertz CT molecular complexity index is 948. The Hall–Kier alpha value is -2.46. The van der Waals surface area contributed by atoms with E-state index in [1.807, 2.05) is 0 Å². The number of carbonyl (C=O) groups excluding carboxylic acids is 1. The summed E-state index contributed by atoms with van der Waals surface area (Å²) in [5, 5.41) is 1.48. The smallest absolute Gasteiger partial charge is 0.405 e. The summed E-state index contributed by atoms with van der Waals surface area (Å²) in [7, 11) is -4.19. The molecule has 28 heavy (non-hydrogen) atoms. The largest absolute Gasteiger partial charge is 0.494 e. The first kappa shape index (κ1) is 21.8. The van der Waals surface area contributed by atoms with E-state index in [1.165, 1.54) is 12.1 Å². The van der Waals surface area contributed by atoms with E-state index in [0.29, 0.717) is 12.4 Å². The highest BCUT2D eigenvalue weighted by Gasteiger charge is 2.28. The maximum Gasteiger partial charge on any atom is 0.405 e. The third-order valence-corrected chi connectivity index (χ3v) is 5.21. The molecule has 0 aromatic heterocycles. The molecule has 0 saturated carbocycles. The van der Waals surface area contributed by atoms with Gasteiger partial charge in [-0.15, -0.1) is 0 Å². The Morgan fingerprint density at radius 3 is 2.36 bits per heavy atom. The van der Waals surface area contributed by atoms with E-state index in [1.54, 1.807) is 24.4 Å². The molecule has 0 saturated heterocycles. The number of benzene rings is 2. The van der Waals surface area contributed by atoms with Crippen LogP contribution in [0.5, 0.6) is 5.75 Å². The Labute approximate surface area is 164 Å². The summed E-state index contributed by atoms with van der Waals surface area (Å²) in [6, 6.07) is 9.21. The molecule has 2 aromatic carbocycles. The molecule has 2 aromatic rings. The Morgan fingerprint density at radius 2 is 1.79 bits per heavy atom. The number of sulfonamides is 1. The zero-order valence-electron chi connectivity index (χ0n) is 14.5. The predicted octanol–water partition coefficient (Wildman–Crippen LogP) is 3.83. The second kappa shape index (κ2) is 8.70. The van der Waals surface area contributed by atoms with E-state index in [2.05, 4.69) is 4.72 Å². The summed E-state index contributed by atoms with van der Waals surface area (Å²) in [5.41, 5.74) is -0.0628. The Balaban J connectivity index is 2.23. The third kappa shape index (κ3) is 6.03. The molecule has 2 N–H and O–H groups in total. The highest BCUT2D eigenvalue weighted by atomic mass is 35.5. The van der Waals surface area contributed by atoms with Crippen molar-refractivity contribution in [2.24, 2.45) is 0 Å². The van der Waals surface area contributed by atoms with Gasteiger partial charge >= 0.3 is 6.18 Å². The minimum absolute atomic E-state index is 0.189. The van der Waals surface area contributed by atoms with E-state index in [4.69, 9.17) is 16.3 Å². The first-order valence-electron chi connectivity index (χ1n) is 7.92. The summed E-state index contributed by atoms with van der Waals surface area (Å²) in [4.78, 5) is 11.4. The van der Waals surface area contributed by atoms with Gasteiger partial charge in [0.05, 0.1) is 11.6 Å². The second-order valence-electron chi connectivity index (χ2n) is 5.51.